The molecule has 3 aromatic heterocycles. The van der Waals surface area contributed by atoms with Crippen molar-refractivity contribution in [3.05, 3.63) is 105 Å². The second kappa shape index (κ2) is 7.77. The van der Waals surface area contributed by atoms with Crippen LogP contribution in [0.15, 0.2) is 82.5 Å². The number of benzene rings is 2. The maximum Gasteiger partial charge on any atom is 0.326 e. The van der Waals surface area contributed by atoms with Gasteiger partial charge in [-0.3, -0.25) is 18.8 Å². The summed E-state index contributed by atoms with van der Waals surface area (Å²) in [6.45, 7) is 1.70. The Hall–Kier alpha value is -4.26. The molecular formula is C25H19N3O4. The quantitative estimate of drug-likeness (QED) is 0.326. The number of carbonyl (C=O) groups is 1. The third-order valence-electron chi connectivity index (χ3n) is 5.41. The minimum Gasteiger partial charge on any atom is -0.458 e. The highest BCUT2D eigenvalue weighted by molar-refractivity contribution is 5.94. The minimum absolute atomic E-state index is 0.0723. The topological polar surface area (TPSA) is 82.7 Å². The van der Waals surface area contributed by atoms with Gasteiger partial charge in [0.25, 0.3) is 5.56 Å². The van der Waals surface area contributed by atoms with Crippen LogP contribution < -0.4 is 11.0 Å². The molecule has 0 saturated carbocycles. The molecule has 7 heteroatoms. The molecule has 32 heavy (non-hydrogen) atoms. The second-order valence-electron chi connectivity index (χ2n) is 7.63. The summed E-state index contributed by atoms with van der Waals surface area (Å²) >= 11 is 0. The zero-order valence-electron chi connectivity index (χ0n) is 17.3. The monoisotopic (exact) mass is 425 g/mol. The number of para-hydroxylation sites is 2. The first-order valence-electron chi connectivity index (χ1n) is 10.2. The fourth-order valence-electron chi connectivity index (χ4n) is 3.91. The van der Waals surface area contributed by atoms with Gasteiger partial charge in [0.1, 0.15) is 18.8 Å². The predicted octanol–water partition coefficient (Wildman–Crippen LogP) is 3.21. The van der Waals surface area contributed by atoms with Crippen LogP contribution in [0.25, 0.3) is 27.5 Å². The molecule has 0 aliphatic rings. The maximum atomic E-state index is 12.8. The lowest BCUT2D eigenvalue weighted by atomic mass is 10.1. The van der Waals surface area contributed by atoms with E-state index in [4.69, 9.17) is 4.74 Å². The Labute approximate surface area is 182 Å². The highest BCUT2D eigenvalue weighted by Crippen LogP contribution is 2.19. The lowest BCUT2D eigenvalue weighted by Crippen LogP contribution is -2.19. The first kappa shape index (κ1) is 19.7. The van der Waals surface area contributed by atoms with Crippen molar-refractivity contribution in [2.75, 3.05) is 0 Å². The molecule has 0 amide bonds. The Morgan fingerprint density at radius 1 is 0.938 bits per heavy atom. The van der Waals surface area contributed by atoms with E-state index in [1.165, 1.54) is 10.5 Å². The first-order valence-corrected chi connectivity index (χ1v) is 10.2. The number of aryl methyl sites for hydroxylation is 1. The molecule has 0 atom stereocenters. The van der Waals surface area contributed by atoms with Gasteiger partial charge in [0, 0.05) is 23.0 Å². The minimum atomic E-state index is -0.491. The van der Waals surface area contributed by atoms with Crippen LogP contribution >= 0.6 is 0 Å². The number of aromatic nitrogens is 3. The van der Waals surface area contributed by atoms with Gasteiger partial charge in [0.2, 0.25) is 0 Å². The Bertz CT molecular complexity index is 1570. The van der Waals surface area contributed by atoms with Crippen molar-refractivity contribution in [3.8, 4) is 0 Å². The number of fused-ring (bicyclic) bond motifs is 3. The van der Waals surface area contributed by atoms with Gasteiger partial charge >= 0.3 is 5.97 Å². The molecule has 0 saturated heterocycles. The lowest BCUT2D eigenvalue weighted by Gasteiger charge is -2.14. The third kappa shape index (κ3) is 3.43. The SMILES string of the molecule is Cc1ccc2nc(COC(=O)Cn3c4ccccc4c(=O)c4ccccc43)cc(=O)n2c1. The molecule has 0 N–H and O–H groups in total. The highest BCUT2D eigenvalue weighted by Gasteiger charge is 2.14. The summed E-state index contributed by atoms with van der Waals surface area (Å²) in [7, 11) is 0. The molecule has 0 radical (unpaired) electrons. The second-order valence-corrected chi connectivity index (χ2v) is 7.63. The molecule has 7 nitrogen and oxygen atoms in total. The fourth-order valence-corrected chi connectivity index (χ4v) is 3.91. The summed E-state index contributed by atoms with van der Waals surface area (Å²) in [5.74, 6) is -0.491. The van der Waals surface area contributed by atoms with Gasteiger partial charge in [-0.15, -0.1) is 0 Å². The van der Waals surface area contributed by atoms with Crippen LogP contribution in [0.5, 0.6) is 0 Å². The molecular weight excluding hydrogens is 406 g/mol. The summed E-state index contributed by atoms with van der Waals surface area (Å²) in [4.78, 5) is 42.3. The molecule has 0 bridgehead atoms. The van der Waals surface area contributed by atoms with Gasteiger partial charge in [0.05, 0.1) is 16.7 Å². The molecule has 0 aliphatic carbocycles. The first-order chi connectivity index (χ1) is 15.5. The van der Waals surface area contributed by atoms with Gasteiger partial charge in [-0.2, -0.15) is 0 Å². The van der Waals surface area contributed by atoms with Gasteiger partial charge in [-0.05, 0) is 42.8 Å². The Morgan fingerprint density at radius 3 is 2.28 bits per heavy atom. The van der Waals surface area contributed by atoms with Crippen molar-refractivity contribution >= 4 is 33.4 Å². The molecule has 5 rings (SSSR count). The molecule has 0 unspecified atom stereocenters. The van der Waals surface area contributed by atoms with Crippen LogP contribution in [0.1, 0.15) is 11.3 Å². The van der Waals surface area contributed by atoms with Gasteiger partial charge < -0.3 is 9.30 Å². The van der Waals surface area contributed by atoms with Crippen molar-refractivity contribution in [2.24, 2.45) is 0 Å². The van der Waals surface area contributed by atoms with Crippen molar-refractivity contribution < 1.29 is 9.53 Å². The smallest absolute Gasteiger partial charge is 0.326 e. The zero-order chi connectivity index (χ0) is 22.2. The molecule has 2 aromatic carbocycles. The number of ether oxygens (including phenoxy) is 1. The van der Waals surface area contributed by atoms with E-state index in [1.54, 1.807) is 41.1 Å². The summed E-state index contributed by atoms with van der Waals surface area (Å²) in [5, 5.41) is 1.08. The largest absolute Gasteiger partial charge is 0.458 e. The fraction of sp³-hybridized carbons (Fsp3) is 0.120. The number of rotatable bonds is 4. The van der Waals surface area contributed by atoms with Crippen LogP contribution in [0.2, 0.25) is 0 Å². The summed E-state index contributed by atoms with van der Waals surface area (Å²) in [6.07, 6.45) is 1.72. The van der Waals surface area contributed by atoms with Crippen molar-refractivity contribution in [3.63, 3.8) is 0 Å². The predicted molar refractivity (Wildman–Crippen MR) is 122 cm³/mol. The molecule has 0 fully saturated rings. The van der Waals surface area contributed by atoms with Crippen LogP contribution in [0, 0.1) is 6.92 Å². The van der Waals surface area contributed by atoms with Crippen molar-refractivity contribution in [1.82, 2.24) is 14.0 Å². The number of hydrogen-bond acceptors (Lipinski definition) is 5. The lowest BCUT2D eigenvalue weighted by molar-refractivity contribution is -0.145. The van der Waals surface area contributed by atoms with Crippen molar-refractivity contribution in [1.29, 1.82) is 0 Å². The van der Waals surface area contributed by atoms with Gasteiger partial charge in [-0.25, -0.2) is 4.98 Å². The normalized spacial score (nSPS) is 11.3. The van der Waals surface area contributed by atoms with Crippen LogP contribution in [0.4, 0.5) is 0 Å². The van der Waals surface area contributed by atoms with E-state index in [2.05, 4.69) is 4.98 Å². The van der Waals surface area contributed by atoms with Crippen molar-refractivity contribution in [2.45, 2.75) is 20.1 Å². The maximum absolute atomic E-state index is 12.8. The zero-order valence-corrected chi connectivity index (χ0v) is 17.3. The number of esters is 1. The summed E-state index contributed by atoms with van der Waals surface area (Å²) in [6, 6.07) is 19.3. The van der Waals surface area contributed by atoms with Crippen LogP contribution in [-0.4, -0.2) is 19.9 Å². The number of carbonyl (C=O) groups excluding carboxylic acids is 1. The van der Waals surface area contributed by atoms with Gasteiger partial charge in [0.15, 0.2) is 5.43 Å². The molecule has 0 spiro atoms. The molecule has 158 valence electrons. The Balaban J connectivity index is 1.45. The summed E-state index contributed by atoms with van der Waals surface area (Å²) in [5.41, 5.74) is 2.82. The summed E-state index contributed by atoms with van der Waals surface area (Å²) < 4.78 is 8.67. The highest BCUT2D eigenvalue weighted by atomic mass is 16.5. The van der Waals surface area contributed by atoms with E-state index >= 15 is 0 Å². The van der Waals surface area contributed by atoms with Gasteiger partial charge in [-0.1, -0.05) is 30.3 Å². The van der Waals surface area contributed by atoms with Crippen LogP contribution in [-0.2, 0) is 22.7 Å². The number of pyridine rings is 2. The van der Waals surface area contributed by atoms with E-state index in [0.29, 0.717) is 33.1 Å². The number of nitrogens with zero attached hydrogens (tertiary/aromatic N) is 3. The van der Waals surface area contributed by atoms with Crippen LogP contribution in [0.3, 0.4) is 0 Å². The van der Waals surface area contributed by atoms with E-state index in [9.17, 15) is 14.4 Å². The van der Waals surface area contributed by atoms with E-state index in [0.717, 1.165) is 5.56 Å². The van der Waals surface area contributed by atoms with E-state index < -0.39 is 5.97 Å². The number of hydrogen-bond donors (Lipinski definition) is 0. The molecule has 5 aromatic rings. The molecule has 3 heterocycles. The third-order valence-corrected chi connectivity index (χ3v) is 5.41. The molecule has 0 aliphatic heterocycles. The Kier molecular flexibility index (Phi) is 4.78. The van der Waals surface area contributed by atoms with E-state index in [1.807, 2.05) is 37.3 Å². The Morgan fingerprint density at radius 2 is 1.59 bits per heavy atom. The average molecular weight is 425 g/mol. The van der Waals surface area contributed by atoms with E-state index in [-0.39, 0.29) is 24.1 Å². The average Bonchev–Trinajstić information content (AvgIpc) is 2.81. The standard InChI is InChI=1S/C25H19N3O4/c1-16-10-11-22-26-17(12-23(29)28(22)13-16)15-32-24(30)14-27-20-8-4-2-6-18(20)25(31)19-7-3-5-9-21(19)27/h2-13H,14-15H2,1H3.